The summed E-state index contributed by atoms with van der Waals surface area (Å²) in [4.78, 5) is 18.5. The van der Waals surface area contributed by atoms with Crippen molar-refractivity contribution in [2.24, 2.45) is 5.73 Å². The fourth-order valence-electron chi connectivity index (χ4n) is 3.30. The molecule has 0 aliphatic carbocycles. The Morgan fingerprint density at radius 1 is 1.21 bits per heavy atom. The third-order valence-corrected chi connectivity index (χ3v) is 5.03. The summed E-state index contributed by atoms with van der Waals surface area (Å²) in [6.45, 7) is 4.00. The summed E-state index contributed by atoms with van der Waals surface area (Å²) in [5.74, 6) is -0.463. The number of halogens is 3. The number of alkyl halides is 3. The number of nitrogens with one attached hydrogen (secondary N) is 2. The number of morpholine rings is 1. The van der Waals surface area contributed by atoms with Crippen molar-refractivity contribution in [3.05, 3.63) is 71.2 Å². The summed E-state index contributed by atoms with van der Waals surface area (Å²) in [5, 5.41) is 10.1. The maximum Gasteiger partial charge on any atom is 0.431 e. The van der Waals surface area contributed by atoms with Crippen molar-refractivity contribution in [2.75, 3.05) is 31.6 Å². The van der Waals surface area contributed by atoms with E-state index >= 15 is 0 Å². The predicted octanol–water partition coefficient (Wildman–Crippen LogP) is 3.45. The van der Waals surface area contributed by atoms with Gasteiger partial charge in [-0.2, -0.15) is 13.2 Å². The molecule has 1 aromatic heterocycles. The number of aromatic nitrogens is 1. The maximum absolute atomic E-state index is 13.0. The van der Waals surface area contributed by atoms with E-state index in [0.29, 0.717) is 11.9 Å². The van der Waals surface area contributed by atoms with E-state index in [-0.39, 0.29) is 11.1 Å². The molecule has 2 heterocycles. The molecule has 4 N–H and O–H groups in total. The zero-order valence-electron chi connectivity index (χ0n) is 17.7. The number of hydrogen-bond acceptors (Lipinski definition) is 6. The van der Waals surface area contributed by atoms with E-state index < -0.39 is 23.4 Å². The Balaban J connectivity index is 1.68. The number of carbonyl (C=O) groups excluding carboxylic acids is 1. The summed E-state index contributed by atoms with van der Waals surface area (Å²) >= 11 is 0. The van der Waals surface area contributed by atoms with Crippen molar-refractivity contribution in [1.82, 2.24) is 9.88 Å². The Kier molecular flexibility index (Phi) is 7.96. The van der Waals surface area contributed by atoms with Gasteiger partial charge in [0.15, 0.2) is 0 Å². The lowest BCUT2D eigenvalue weighted by Crippen LogP contribution is -2.35. The van der Waals surface area contributed by atoms with Crippen LogP contribution in [0.25, 0.3) is 11.6 Å². The number of hydrogen-bond donors (Lipinski definition) is 3. The fraction of sp³-hybridized carbons (Fsp3) is 0.261. The van der Waals surface area contributed by atoms with E-state index in [1.165, 1.54) is 30.6 Å². The summed E-state index contributed by atoms with van der Waals surface area (Å²) in [7, 11) is 0. The van der Waals surface area contributed by atoms with Gasteiger partial charge in [0.1, 0.15) is 5.70 Å². The lowest BCUT2D eigenvalue weighted by Gasteiger charge is -2.26. The van der Waals surface area contributed by atoms with Crippen LogP contribution in [0.1, 0.15) is 16.7 Å². The number of nitrogens with zero attached hydrogens (tertiary/aromatic N) is 2. The average Bonchev–Trinajstić information content (AvgIpc) is 2.80. The number of amides is 1. The number of ether oxygens (including phenoxy) is 1. The Hall–Kier alpha value is -3.50. The van der Waals surface area contributed by atoms with Crippen LogP contribution in [0.2, 0.25) is 0 Å². The molecule has 3 rings (SSSR count). The highest BCUT2D eigenvalue weighted by Crippen LogP contribution is 2.29. The molecule has 0 atom stereocenters. The van der Waals surface area contributed by atoms with Gasteiger partial charge in [-0.3, -0.25) is 14.7 Å². The van der Waals surface area contributed by atoms with Gasteiger partial charge < -0.3 is 21.2 Å². The first-order valence-corrected chi connectivity index (χ1v) is 10.2. The van der Waals surface area contributed by atoms with Crippen LogP contribution < -0.4 is 11.1 Å². The molecule has 1 amide bonds. The lowest BCUT2D eigenvalue weighted by atomic mass is 10.00. The van der Waals surface area contributed by atoms with E-state index in [1.54, 1.807) is 12.1 Å². The molecule has 1 aliphatic rings. The van der Waals surface area contributed by atoms with Gasteiger partial charge in [-0.1, -0.05) is 12.1 Å². The van der Waals surface area contributed by atoms with Crippen LogP contribution >= 0.6 is 0 Å². The van der Waals surface area contributed by atoms with Crippen LogP contribution in [-0.2, 0) is 16.1 Å². The highest BCUT2D eigenvalue weighted by Gasteiger charge is 2.34. The summed E-state index contributed by atoms with van der Waals surface area (Å²) in [6.07, 6.45) is 0.854. The van der Waals surface area contributed by atoms with Gasteiger partial charge >= 0.3 is 6.18 Å². The van der Waals surface area contributed by atoms with Gasteiger partial charge in [-0.15, -0.1) is 0 Å². The van der Waals surface area contributed by atoms with Crippen molar-refractivity contribution < 1.29 is 22.7 Å². The average molecular weight is 459 g/mol. The normalized spacial score (nSPS) is 15.8. The Bertz CT molecular complexity index is 1040. The Labute approximate surface area is 189 Å². The molecule has 0 saturated carbocycles. The SMILES string of the molecule is N=CC(=C(N)C(F)(F)F)c1ccncc1/C=C/C(=O)Nc1ccc(CN2CCOCC2)cc1. The molecule has 33 heavy (non-hydrogen) atoms. The van der Waals surface area contributed by atoms with E-state index in [2.05, 4.69) is 15.2 Å². The standard InChI is InChI=1S/C23H24F3N5O2/c24-23(25,26)22(28)20(13-27)19-7-8-29-14-17(19)3-6-21(32)30-18-4-1-16(2-5-18)15-31-9-11-33-12-10-31/h1-8,13-14,27H,9-12,15,28H2,(H,30,32)/b6-3+,22-20?,27-13?. The smallest absolute Gasteiger partial charge is 0.394 e. The third-order valence-electron chi connectivity index (χ3n) is 5.03. The molecule has 10 heteroatoms. The second-order valence-corrected chi connectivity index (χ2v) is 7.34. The van der Waals surface area contributed by atoms with Crippen molar-refractivity contribution in [3.8, 4) is 0 Å². The van der Waals surface area contributed by atoms with Gasteiger partial charge in [-0.25, -0.2) is 0 Å². The van der Waals surface area contributed by atoms with Gasteiger partial charge in [0, 0.05) is 61.1 Å². The number of allylic oxidation sites excluding steroid dienone is 2. The molecule has 0 radical (unpaired) electrons. The molecule has 7 nitrogen and oxygen atoms in total. The number of benzene rings is 1. The molecule has 0 bridgehead atoms. The van der Waals surface area contributed by atoms with Crippen molar-refractivity contribution in [1.29, 1.82) is 5.41 Å². The van der Waals surface area contributed by atoms with E-state index in [1.807, 2.05) is 12.1 Å². The molecule has 174 valence electrons. The molecular weight excluding hydrogens is 435 g/mol. The summed E-state index contributed by atoms with van der Waals surface area (Å²) < 4.78 is 44.4. The Morgan fingerprint density at radius 2 is 1.91 bits per heavy atom. The number of rotatable bonds is 7. The van der Waals surface area contributed by atoms with Crippen LogP contribution in [0, 0.1) is 5.41 Å². The second kappa shape index (κ2) is 10.9. The largest absolute Gasteiger partial charge is 0.431 e. The van der Waals surface area contributed by atoms with Crippen LogP contribution in [0.3, 0.4) is 0 Å². The first-order chi connectivity index (χ1) is 15.8. The lowest BCUT2D eigenvalue weighted by molar-refractivity contribution is -0.111. The van der Waals surface area contributed by atoms with Gasteiger partial charge in [0.05, 0.1) is 13.2 Å². The highest BCUT2D eigenvalue weighted by molar-refractivity contribution is 6.11. The van der Waals surface area contributed by atoms with E-state index in [0.717, 1.165) is 38.4 Å². The zero-order valence-corrected chi connectivity index (χ0v) is 17.7. The fourth-order valence-corrected chi connectivity index (χ4v) is 3.30. The molecule has 1 saturated heterocycles. The van der Waals surface area contributed by atoms with Crippen molar-refractivity contribution in [2.45, 2.75) is 12.7 Å². The van der Waals surface area contributed by atoms with Crippen molar-refractivity contribution in [3.63, 3.8) is 0 Å². The Morgan fingerprint density at radius 3 is 2.55 bits per heavy atom. The van der Waals surface area contributed by atoms with E-state index in [4.69, 9.17) is 15.9 Å². The minimum Gasteiger partial charge on any atom is -0.394 e. The molecule has 1 aliphatic heterocycles. The maximum atomic E-state index is 13.0. The zero-order chi connectivity index (χ0) is 23.8. The second-order valence-electron chi connectivity index (χ2n) is 7.34. The number of pyridine rings is 1. The highest BCUT2D eigenvalue weighted by atomic mass is 19.4. The topological polar surface area (TPSA) is 104 Å². The van der Waals surface area contributed by atoms with Crippen LogP contribution in [0.15, 0.2) is 54.5 Å². The molecule has 0 spiro atoms. The van der Waals surface area contributed by atoms with Gasteiger partial charge in [0.2, 0.25) is 5.91 Å². The summed E-state index contributed by atoms with van der Waals surface area (Å²) in [6, 6.07) is 8.74. The van der Waals surface area contributed by atoms with Crippen LogP contribution in [0.5, 0.6) is 0 Å². The molecule has 1 aromatic carbocycles. The number of nitrogens with two attached hydrogens (primary N) is 1. The van der Waals surface area contributed by atoms with Crippen molar-refractivity contribution >= 4 is 29.5 Å². The van der Waals surface area contributed by atoms with Gasteiger partial charge in [-0.05, 0) is 35.4 Å². The molecule has 0 unspecified atom stereocenters. The first kappa shape index (κ1) is 24.1. The van der Waals surface area contributed by atoms with Crippen LogP contribution in [-0.4, -0.2) is 54.5 Å². The number of carbonyl (C=O) groups is 1. The quantitative estimate of drug-likeness (QED) is 0.435. The van der Waals surface area contributed by atoms with Gasteiger partial charge in [0.25, 0.3) is 0 Å². The van der Waals surface area contributed by atoms with E-state index in [9.17, 15) is 18.0 Å². The molecule has 2 aromatic rings. The minimum absolute atomic E-state index is 0.0475. The summed E-state index contributed by atoms with van der Waals surface area (Å²) in [5.41, 5.74) is 5.28. The first-order valence-electron chi connectivity index (χ1n) is 10.2. The number of anilines is 1. The van der Waals surface area contributed by atoms with Crippen LogP contribution in [0.4, 0.5) is 18.9 Å². The molecule has 1 fully saturated rings. The minimum atomic E-state index is -4.79. The monoisotopic (exact) mass is 459 g/mol. The molecular formula is C23H24F3N5O2. The predicted molar refractivity (Wildman–Crippen MR) is 120 cm³/mol. The third kappa shape index (κ3) is 6.74.